The zero-order valence-electron chi connectivity index (χ0n) is 21.0. The van der Waals surface area contributed by atoms with Crippen molar-refractivity contribution in [2.75, 3.05) is 20.1 Å². The van der Waals surface area contributed by atoms with E-state index in [0.29, 0.717) is 52.7 Å². The van der Waals surface area contributed by atoms with Crippen LogP contribution in [0.4, 0.5) is 0 Å². The maximum Gasteiger partial charge on any atom is 0.251 e. The van der Waals surface area contributed by atoms with Gasteiger partial charge < -0.3 is 20.9 Å². The average molecular weight is 531 g/mol. The van der Waals surface area contributed by atoms with Gasteiger partial charge in [0.2, 0.25) is 5.91 Å². The predicted octanol–water partition coefficient (Wildman–Crippen LogP) is 3.70. The lowest BCUT2D eigenvalue weighted by Gasteiger charge is -2.39. The van der Waals surface area contributed by atoms with E-state index >= 15 is 0 Å². The van der Waals surface area contributed by atoms with Gasteiger partial charge in [-0.1, -0.05) is 55.3 Å². The van der Waals surface area contributed by atoms with Gasteiger partial charge in [0.25, 0.3) is 5.91 Å². The highest BCUT2D eigenvalue weighted by Crippen LogP contribution is 2.47. The summed E-state index contributed by atoms with van der Waals surface area (Å²) in [4.78, 5) is 41.4. The number of rotatable bonds is 5. The van der Waals surface area contributed by atoms with Crippen LogP contribution in [0.25, 0.3) is 0 Å². The molecule has 2 aliphatic carbocycles. The van der Waals surface area contributed by atoms with E-state index < -0.39 is 18.1 Å². The van der Waals surface area contributed by atoms with Crippen LogP contribution >= 0.6 is 23.2 Å². The van der Waals surface area contributed by atoms with Crippen LogP contribution in [0.1, 0.15) is 45.2 Å². The van der Waals surface area contributed by atoms with Crippen LogP contribution in [0.2, 0.25) is 10.0 Å². The Morgan fingerprint density at radius 3 is 2.61 bits per heavy atom. The Balaban J connectivity index is 1.84. The Morgan fingerprint density at radius 1 is 1.19 bits per heavy atom. The Hall–Kier alpha value is -2.61. The number of Topliss-reactive ketones (excluding diaryl/α,β-unsaturated/α-hetero) is 1. The van der Waals surface area contributed by atoms with E-state index in [1.54, 1.807) is 29.2 Å². The molecular weight excluding hydrogens is 499 g/mol. The highest BCUT2D eigenvalue weighted by atomic mass is 35.5. The first-order valence-electron chi connectivity index (χ1n) is 12.1. The van der Waals surface area contributed by atoms with Crippen molar-refractivity contribution in [1.29, 1.82) is 0 Å². The first-order chi connectivity index (χ1) is 17.0. The summed E-state index contributed by atoms with van der Waals surface area (Å²) in [7, 11) is 1.82. The van der Waals surface area contributed by atoms with Gasteiger partial charge in [0.05, 0.1) is 18.1 Å². The molecule has 1 aromatic rings. The molecule has 192 valence electrons. The van der Waals surface area contributed by atoms with Gasteiger partial charge in [0.1, 0.15) is 0 Å². The number of likely N-dealkylation sites (N-methyl/N-ethyl adjacent to an activating group) is 1. The first-order valence-corrected chi connectivity index (χ1v) is 12.9. The summed E-state index contributed by atoms with van der Waals surface area (Å²) in [6.07, 6.45) is 6.44. The first kappa shape index (κ1) is 26.5. The van der Waals surface area contributed by atoms with Crippen LogP contribution in [-0.4, -0.2) is 54.7 Å². The molecule has 1 heterocycles. The maximum atomic E-state index is 13.6. The van der Waals surface area contributed by atoms with Crippen molar-refractivity contribution in [3.63, 3.8) is 0 Å². The van der Waals surface area contributed by atoms with E-state index in [0.717, 1.165) is 5.70 Å². The summed E-state index contributed by atoms with van der Waals surface area (Å²) in [5.41, 5.74) is 2.24. The van der Waals surface area contributed by atoms with Crippen LogP contribution in [0.5, 0.6) is 0 Å². The fraction of sp³-hybridized carbons (Fsp3) is 0.444. The molecule has 0 saturated carbocycles. The van der Waals surface area contributed by atoms with Crippen molar-refractivity contribution < 1.29 is 14.4 Å². The minimum atomic E-state index is -0.683. The minimum absolute atomic E-state index is 0.0207. The smallest absolute Gasteiger partial charge is 0.251 e. The lowest BCUT2D eigenvalue weighted by atomic mass is 9.73. The van der Waals surface area contributed by atoms with Crippen LogP contribution in [0, 0.1) is 5.41 Å². The zero-order valence-corrected chi connectivity index (χ0v) is 22.5. The van der Waals surface area contributed by atoms with E-state index in [4.69, 9.17) is 23.2 Å². The average Bonchev–Trinajstić information content (AvgIpc) is 2.92. The van der Waals surface area contributed by atoms with E-state index in [2.05, 4.69) is 29.8 Å². The zero-order chi connectivity index (χ0) is 26.2. The Bertz CT molecular complexity index is 1190. The number of hydrogen-bond acceptors (Lipinski definition) is 5. The monoisotopic (exact) mass is 530 g/mol. The van der Waals surface area contributed by atoms with E-state index in [1.165, 1.54) is 6.92 Å². The summed E-state index contributed by atoms with van der Waals surface area (Å²) >= 11 is 12.8. The molecule has 1 aliphatic heterocycles. The molecule has 0 spiro atoms. The predicted molar refractivity (Wildman–Crippen MR) is 142 cm³/mol. The number of allylic oxidation sites excluding steroid dienone is 1. The fourth-order valence-electron chi connectivity index (χ4n) is 5.33. The van der Waals surface area contributed by atoms with Gasteiger partial charge in [-0.2, -0.15) is 0 Å². The quantitative estimate of drug-likeness (QED) is 0.505. The number of ketones is 1. The van der Waals surface area contributed by atoms with E-state index in [-0.39, 0.29) is 23.0 Å². The molecule has 3 aliphatic rings. The molecule has 1 aromatic carbocycles. The highest BCUT2D eigenvalue weighted by molar-refractivity contribution is 6.35. The normalized spacial score (nSPS) is 24.8. The van der Waals surface area contributed by atoms with Crippen molar-refractivity contribution >= 4 is 40.8 Å². The molecule has 4 rings (SSSR count). The molecule has 3 atom stereocenters. The number of nitrogens with one attached hydrogen (secondary N) is 3. The summed E-state index contributed by atoms with van der Waals surface area (Å²) in [6.45, 7) is 6.76. The molecule has 2 amide bonds. The fourth-order valence-corrected chi connectivity index (χ4v) is 5.84. The molecule has 0 saturated heterocycles. The molecule has 7 nitrogen and oxygen atoms in total. The van der Waals surface area contributed by atoms with Gasteiger partial charge in [-0.25, -0.2) is 0 Å². The van der Waals surface area contributed by atoms with Crippen LogP contribution < -0.4 is 16.0 Å². The topological polar surface area (TPSA) is 90.5 Å². The number of benzene rings is 1. The third kappa shape index (κ3) is 5.24. The molecule has 0 fully saturated rings. The molecule has 0 radical (unpaired) electrons. The van der Waals surface area contributed by atoms with Crippen LogP contribution in [-0.2, 0) is 14.4 Å². The molecule has 0 bridgehead atoms. The summed E-state index contributed by atoms with van der Waals surface area (Å²) < 4.78 is 0. The number of fused-ring (bicyclic) bond motifs is 1. The third-order valence-electron chi connectivity index (χ3n) is 6.88. The SMILES string of the molecule is CNCCNC(=O)C1=CC2NC3=C(C(=O)CC(C)(C)C3)C(c3ccc(Cl)cc3Cl)N(C(C)=O)C2C=C1. The highest BCUT2D eigenvalue weighted by Gasteiger charge is 2.46. The lowest BCUT2D eigenvalue weighted by molar-refractivity contribution is -0.132. The lowest BCUT2D eigenvalue weighted by Crippen LogP contribution is -2.50. The maximum absolute atomic E-state index is 13.6. The number of nitrogens with zero attached hydrogens (tertiary/aromatic N) is 1. The summed E-state index contributed by atoms with van der Waals surface area (Å²) in [6, 6.07) is 3.62. The molecule has 3 N–H and O–H groups in total. The second kappa shape index (κ2) is 10.4. The second-order valence-corrected chi connectivity index (χ2v) is 11.2. The Labute approximate surface area is 222 Å². The van der Waals surface area contributed by atoms with E-state index in [1.807, 2.05) is 19.2 Å². The third-order valence-corrected chi connectivity index (χ3v) is 7.44. The number of carbonyl (C=O) groups is 3. The second-order valence-electron chi connectivity index (χ2n) is 10.3. The van der Waals surface area contributed by atoms with Crippen molar-refractivity contribution in [2.24, 2.45) is 5.41 Å². The standard InChI is InChI=1S/C27H32Cl2N4O3/c1-15(34)33-22-8-5-16(26(36)31-10-9-30-4)11-20(22)32-21-13-27(2,3)14-23(35)24(21)25(33)18-7-6-17(28)12-19(18)29/h5-8,11-12,20,22,25,30,32H,9-10,13-14H2,1-4H3,(H,31,36). The number of amides is 2. The van der Waals surface area contributed by atoms with Crippen molar-refractivity contribution in [3.05, 3.63) is 68.9 Å². The van der Waals surface area contributed by atoms with Gasteiger partial charge in [0, 0.05) is 53.3 Å². The Kier molecular flexibility index (Phi) is 7.64. The minimum Gasteiger partial charge on any atom is -0.379 e. The molecule has 9 heteroatoms. The molecule has 36 heavy (non-hydrogen) atoms. The number of hydrogen-bond donors (Lipinski definition) is 3. The largest absolute Gasteiger partial charge is 0.379 e. The van der Waals surface area contributed by atoms with Crippen LogP contribution in [0.3, 0.4) is 0 Å². The van der Waals surface area contributed by atoms with Gasteiger partial charge in [-0.05, 0) is 42.7 Å². The summed E-state index contributed by atoms with van der Waals surface area (Å²) in [5.74, 6) is -0.409. The number of carbonyl (C=O) groups excluding carboxylic acids is 3. The number of halogens is 2. The van der Waals surface area contributed by atoms with E-state index in [9.17, 15) is 14.4 Å². The molecular formula is C27H32Cl2N4O3. The van der Waals surface area contributed by atoms with Gasteiger partial charge in [-0.3, -0.25) is 14.4 Å². The van der Waals surface area contributed by atoms with Crippen molar-refractivity contribution in [1.82, 2.24) is 20.9 Å². The van der Waals surface area contributed by atoms with Gasteiger partial charge >= 0.3 is 0 Å². The summed E-state index contributed by atoms with van der Waals surface area (Å²) in [5, 5.41) is 10.3. The van der Waals surface area contributed by atoms with Crippen molar-refractivity contribution in [2.45, 2.75) is 51.7 Å². The van der Waals surface area contributed by atoms with Crippen molar-refractivity contribution in [3.8, 4) is 0 Å². The Morgan fingerprint density at radius 2 is 1.94 bits per heavy atom. The van der Waals surface area contributed by atoms with Crippen LogP contribution in [0.15, 0.2) is 53.3 Å². The molecule has 0 aromatic heterocycles. The van der Waals surface area contributed by atoms with Gasteiger partial charge in [-0.15, -0.1) is 0 Å². The molecule has 3 unspecified atom stereocenters. The van der Waals surface area contributed by atoms with Gasteiger partial charge in [0.15, 0.2) is 5.78 Å².